The maximum atomic E-state index is 12.5. The lowest BCUT2D eigenvalue weighted by Crippen LogP contribution is -1.97. The summed E-state index contributed by atoms with van der Waals surface area (Å²) in [5, 5.41) is 1.04. The maximum absolute atomic E-state index is 12.5. The first-order valence-electron chi connectivity index (χ1n) is 5.84. The Bertz CT molecular complexity index is 736. The molecule has 3 rings (SSSR count). The van der Waals surface area contributed by atoms with Crippen LogP contribution in [0.15, 0.2) is 36.5 Å². The molecule has 0 atom stereocenters. The van der Waals surface area contributed by atoms with Gasteiger partial charge in [0.05, 0.1) is 4.88 Å². The molecule has 0 fully saturated rings. The minimum absolute atomic E-state index is 0.105. The number of aromatic nitrogens is 1. The van der Waals surface area contributed by atoms with E-state index in [1.165, 1.54) is 0 Å². The number of carbonyl (C=O) groups is 1. The highest BCUT2D eigenvalue weighted by molar-refractivity contribution is 7.14. The molecule has 0 saturated carbocycles. The fourth-order valence-electron chi connectivity index (χ4n) is 2.24. The number of rotatable bonds is 2. The van der Waals surface area contributed by atoms with Gasteiger partial charge in [0.2, 0.25) is 5.78 Å². The summed E-state index contributed by atoms with van der Waals surface area (Å²) in [5.74, 6) is 0.105. The predicted octanol–water partition coefficient (Wildman–Crippen LogP) is 4.08. The Kier molecular flexibility index (Phi) is 2.56. The van der Waals surface area contributed by atoms with Crippen molar-refractivity contribution in [3.05, 3.63) is 57.4 Å². The average molecular weight is 255 g/mol. The monoisotopic (exact) mass is 255 g/mol. The van der Waals surface area contributed by atoms with Crippen LogP contribution in [-0.4, -0.2) is 10.8 Å². The van der Waals surface area contributed by atoms with Gasteiger partial charge in [0.1, 0.15) is 0 Å². The van der Waals surface area contributed by atoms with E-state index in [1.54, 1.807) is 11.3 Å². The molecule has 0 aliphatic carbocycles. The number of fused-ring (bicyclic) bond motifs is 1. The average Bonchev–Trinajstić information content (AvgIpc) is 2.95. The molecule has 3 heteroatoms. The van der Waals surface area contributed by atoms with Crippen molar-refractivity contribution in [3.8, 4) is 0 Å². The van der Waals surface area contributed by atoms with Crippen LogP contribution in [0.3, 0.4) is 0 Å². The summed E-state index contributed by atoms with van der Waals surface area (Å²) in [6.45, 7) is 4.05. The quantitative estimate of drug-likeness (QED) is 0.688. The molecule has 0 saturated heterocycles. The zero-order valence-electron chi connectivity index (χ0n) is 10.3. The van der Waals surface area contributed by atoms with Gasteiger partial charge in [0, 0.05) is 27.5 Å². The molecule has 0 amide bonds. The Morgan fingerprint density at radius 2 is 2.00 bits per heavy atom. The number of aryl methyl sites for hydroxylation is 2. The van der Waals surface area contributed by atoms with Gasteiger partial charge in [-0.3, -0.25) is 4.79 Å². The van der Waals surface area contributed by atoms with Crippen molar-refractivity contribution in [2.24, 2.45) is 0 Å². The van der Waals surface area contributed by atoms with Gasteiger partial charge in [-0.25, -0.2) is 0 Å². The first kappa shape index (κ1) is 11.2. The minimum atomic E-state index is 0.105. The van der Waals surface area contributed by atoms with Gasteiger partial charge < -0.3 is 4.98 Å². The Hall–Kier alpha value is -1.87. The maximum Gasteiger partial charge on any atom is 0.205 e. The van der Waals surface area contributed by atoms with E-state index in [0.29, 0.717) is 0 Å². The lowest BCUT2D eigenvalue weighted by molar-refractivity contribution is 0.104. The molecule has 0 aliphatic rings. The third-order valence-corrected chi connectivity index (χ3v) is 4.12. The molecular weight excluding hydrogens is 242 g/mol. The summed E-state index contributed by atoms with van der Waals surface area (Å²) in [6, 6.07) is 9.92. The number of thiophene rings is 1. The Morgan fingerprint density at radius 3 is 2.72 bits per heavy atom. The Morgan fingerprint density at radius 1 is 1.17 bits per heavy atom. The summed E-state index contributed by atoms with van der Waals surface area (Å²) in [7, 11) is 0. The molecule has 1 aromatic carbocycles. The van der Waals surface area contributed by atoms with Crippen LogP contribution >= 0.6 is 11.3 Å². The van der Waals surface area contributed by atoms with E-state index in [-0.39, 0.29) is 5.78 Å². The van der Waals surface area contributed by atoms with Crippen molar-refractivity contribution in [1.82, 2.24) is 4.98 Å². The molecule has 1 N–H and O–H groups in total. The third kappa shape index (κ3) is 1.68. The number of carbonyl (C=O) groups excluding carboxylic acids is 1. The molecule has 2 aromatic heterocycles. The highest BCUT2D eigenvalue weighted by Gasteiger charge is 2.16. The molecule has 3 aromatic rings. The fraction of sp³-hybridized carbons (Fsp3) is 0.133. The molecule has 0 bridgehead atoms. The van der Waals surface area contributed by atoms with Gasteiger partial charge in [-0.2, -0.15) is 0 Å². The van der Waals surface area contributed by atoms with Crippen LogP contribution in [0.2, 0.25) is 0 Å². The van der Waals surface area contributed by atoms with Gasteiger partial charge in [-0.15, -0.1) is 11.3 Å². The molecular formula is C15H13NOS. The third-order valence-electron chi connectivity index (χ3n) is 3.12. The van der Waals surface area contributed by atoms with Crippen LogP contribution < -0.4 is 0 Å². The number of H-pyrrole nitrogens is 1. The summed E-state index contributed by atoms with van der Waals surface area (Å²) in [4.78, 5) is 17.6. The van der Waals surface area contributed by atoms with E-state index in [9.17, 15) is 4.79 Å². The van der Waals surface area contributed by atoms with Gasteiger partial charge in [-0.1, -0.05) is 12.1 Å². The second kappa shape index (κ2) is 4.10. The number of benzene rings is 1. The lowest BCUT2D eigenvalue weighted by Gasteiger charge is -1.99. The van der Waals surface area contributed by atoms with Gasteiger partial charge >= 0.3 is 0 Å². The zero-order valence-corrected chi connectivity index (χ0v) is 11.1. The van der Waals surface area contributed by atoms with Crippen molar-refractivity contribution in [1.29, 1.82) is 0 Å². The molecule has 0 spiro atoms. The molecule has 90 valence electrons. The SMILES string of the molecule is Cc1ccc(C(=O)c2c[nH]c3cccc(C)c23)s1. The first-order chi connectivity index (χ1) is 8.66. The fourth-order valence-corrected chi connectivity index (χ4v) is 3.06. The zero-order chi connectivity index (χ0) is 12.7. The summed E-state index contributed by atoms with van der Waals surface area (Å²) in [5.41, 5.74) is 2.92. The van der Waals surface area contributed by atoms with E-state index >= 15 is 0 Å². The number of nitrogens with one attached hydrogen (secondary N) is 1. The molecule has 0 unspecified atom stereocenters. The van der Waals surface area contributed by atoms with Gasteiger partial charge in [-0.05, 0) is 37.6 Å². The van der Waals surface area contributed by atoms with Crippen LogP contribution in [0.4, 0.5) is 0 Å². The number of ketones is 1. The van der Waals surface area contributed by atoms with Crippen molar-refractivity contribution >= 4 is 28.0 Å². The van der Waals surface area contributed by atoms with Crippen molar-refractivity contribution < 1.29 is 4.79 Å². The molecule has 2 heterocycles. The second-order valence-electron chi connectivity index (χ2n) is 4.44. The first-order valence-corrected chi connectivity index (χ1v) is 6.66. The van der Waals surface area contributed by atoms with Crippen LogP contribution in [0.1, 0.15) is 25.7 Å². The summed E-state index contributed by atoms with van der Waals surface area (Å²) >= 11 is 1.55. The highest BCUT2D eigenvalue weighted by Crippen LogP contribution is 2.26. The molecule has 2 nitrogen and oxygen atoms in total. The summed E-state index contributed by atoms with van der Waals surface area (Å²) < 4.78 is 0. The molecule has 0 aliphatic heterocycles. The number of aromatic amines is 1. The molecule has 0 radical (unpaired) electrons. The van der Waals surface area contributed by atoms with E-state index in [4.69, 9.17) is 0 Å². The predicted molar refractivity (Wildman–Crippen MR) is 75.5 cm³/mol. The topological polar surface area (TPSA) is 32.9 Å². The van der Waals surface area contributed by atoms with Crippen molar-refractivity contribution in [2.45, 2.75) is 13.8 Å². The number of hydrogen-bond donors (Lipinski definition) is 1. The standard InChI is InChI=1S/C15H13NOS/c1-9-4-3-5-12-14(9)11(8-16-12)15(17)13-7-6-10(2)18-13/h3-8,16H,1-2H3. The summed E-state index contributed by atoms with van der Waals surface area (Å²) in [6.07, 6.45) is 1.81. The van der Waals surface area contributed by atoms with Crippen LogP contribution in [0, 0.1) is 13.8 Å². The van der Waals surface area contributed by atoms with E-state index < -0.39 is 0 Å². The van der Waals surface area contributed by atoms with Crippen LogP contribution in [0.5, 0.6) is 0 Å². The largest absolute Gasteiger partial charge is 0.360 e. The van der Waals surface area contributed by atoms with E-state index in [2.05, 4.69) is 4.98 Å². The Labute approximate surface area is 109 Å². The van der Waals surface area contributed by atoms with Crippen LogP contribution in [0.25, 0.3) is 10.9 Å². The smallest absolute Gasteiger partial charge is 0.205 e. The second-order valence-corrected chi connectivity index (χ2v) is 5.73. The van der Waals surface area contributed by atoms with Crippen LogP contribution in [-0.2, 0) is 0 Å². The normalized spacial score (nSPS) is 11.0. The number of hydrogen-bond acceptors (Lipinski definition) is 2. The van der Waals surface area contributed by atoms with Gasteiger partial charge in [0.15, 0.2) is 0 Å². The van der Waals surface area contributed by atoms with Gasteiger partial charge in [0.25, 0.3) is 0 Å². The Balaban J connectivity index is 2.18. The van der Waals surface area contributed by atoms with E-state index in [0.717, 1.165) is 31.8 Å². The minimum Gasteiger partial charge on any atom is -0.360 e. The highest BCUT2D eigenvalue weighted by atomic mass is 32.1. The van der Waals surface area contributed by atoms with Crippen molar-refractivity contribution in [3.63, 3.8) is 0 Å². The van der Waals surface area contributed by atoms with E-state index in [1.807, 2.05) is 50.4 Å². The lowest BCUT2D eigenvalue weighted by atomic mass is 10.0. The molecule has 18 heavy (non-hydrogen) atoms. The van der Waals surface area contributed by atoms with Crippen molar-refractivity contribution in [2.75, 3.05) is 0 Å².